The van der Waals surface area contributed by atoms with E-state index in [4.69, 9.17) is 21.6 Å². The van der Waals surface area contributed by atoms with Gasteiger partial charge in [-0.05, 0) is 44.5 Å². The lowest BCUT2D eigenvalue weighted by Crippen LogP contribution is -2.22. The summed E-state index contributed by atoms with van der Waals surface area (Å²) in [5, 5.41) is 9.09. The molecule has 1 aromatic rings. The molecule has 0 saturated heterocycles. The Hall–Kier alpha value is -1.79. The fourth-order valence-corrected chi connectivity index (χ4v) is 1.46. The third-order valence-corrected chi connectivity index (χ3v) is 2.24. The summed E-state index contributed by atoms with van der Waals surface area (Å²) < 4.78 is 5.12. The average Bonchev–Trinajstić information content (AvgIpc) is 2.24. The first-order chi connectivity index (χ1) is 8.31. The number of halogens is 1. The molecule has 0 amide bonds. The molecule has 0 aliphatic carbocycles. The fourth-order valence-electron chi connectivity index (χ4n) is 1.23. The number of benzene rings is 1. The van der Waals surface area contributed by atoms with E-state index in [1.54, 1.807) is 45.0 Å². The monoisotopic (exact) mass is 263 g/mol. The summed E-state index contributed by atoms with van der Waals surface area (Å²) in [6.45, 7) is 5.41. The molecule has 18 heavy (non-hydrogen) atoms. The highest BCUT2D eigenvalue weighted by atomic mass is 35.5. The number of ether oxygens (including phenoxy) is 1. The van der Waals surface area contributed by atoms with Gasteiger partial charge in [-0.1, -0.05) is 17.7 Å². The van der Waals surface area contributed by atoms with Crippen molar-refractivity contribution >= 4 is 23.6 Å². The van der Waals surface area contributed by atoms with Crippen LogP contribution in [0, 0.1) is 11.3 Å². The third kappa shape index (κ3) is 4.60. The van der Waals surface area contributed by atoms with Crippen molar-refractivity contribution in [3.63, 3.8) is 0 Å². The van der Waals surface area contributed by atoms with Crippen LogP contribution in [0.5, 0.6) is 0 Å². The Morgan fingerprint density at radius 3 is 2.61 bits per heavy atom. The lowest BCUT2D eigenvalue weighted by Gasteiger charge is -2.17. The van der Waals surface area contributed by atoms with Gasteiger partial charge in [0.15, 0.2) is 0 Å². The van der Waals surface area contributed by atoms with E-state index < -0.39 is 11.6 Å². The normalized spacial score (nSPS) is 11.3. The Balaban J connectivity index is 2.77. The molecule has 94 valence electrons. The van der Waals surface area contributed by atoms with Crippen LogP contribution >= 0.6 is 11.6 Å². The molecular formula is C14H14ClNO2. The minimum absolute atomic E-state index is 0.365. The van der Waals surface area contributed by atoms with E-state index in [0.29, 0.717) is 10.6 Å². The molecule has 0 bridgehead atoms. The van der Waals surface area contributed by atoms with Gasteiger partial charge < -0.3 is 4.74 Å². The zero-order chi connectivity index (χ0) is 13.8. The molecule has 0 fully saturated rings. The molecule has 0 aliphatic rings. The summed E-state index contributed by atoms with van der Waals surface area (Å²) in [6, 6.07) is 6.92. The van der Waals surface area contributed by atoms with Crippen LogP contribution in [-0.4, -0.2) is 11.6 Å². The van der Waals surface area contributed by atoms with Crippen LogP contribution in [0.25, 0.3) is 6.08 Å². The Bertz CT molecular complexity index is 522. The van der Waals surface area contributed by atoms with Gasteiger partial charge in [-0.25, -0.2) is 4.79 Å². The van der Waals surface area contributed by atoms with Crippen molar-refractivity contribution in [3.05, 3.63) is 40.4 Å². The van der Waals surface area contributed by atoms with Crippen LogP contribution in [0.15, 0.2) is 24.3 Å². The van der Waals surface area contributed by atoms with E-state index in [0.717, 1.165) is 5.56 Å². The van der Waals surface area contributed by atoms with Crippen molar-refractivity contribution in [2.45, 2.75) is 26.4 Å². The minimum Gasteiger partial charge on any atom is -0.457 e. The van der Waals surface area contributed by atoms with Crippen LogP contribution in [0.1, 0.15) is 31.9 Å². The number of rotatable bonds is 2. The Labute approximate surface area is 112 Å². The molecule has 3 nitrogen and oxygen atoms in total. The molecule has 0 heterocycles. The van der Waals surface area contributed by atoms with Gasteiger partial charge in [0, 0.05) is 6.08 Å². The van der Waals surface area contributed by atoms with E-state index in [1.807, 2.05) is 6.07 Å². The number of carbonyl (C=O) groups excluding carboxylic acids is 1. The van der Waals surface area contributed by atoms with E-state index in [-0.39, 0.29) is 0 Å². The number of carbonyl (C=O) groups is 1. The summed E-state index contributed by atoms with van der Waals surface area (Å²) in [5.74, 6) is -0.414. The van der Waals surface area contributed by atoms with Gasteiger partial charge in [0.25, 0.3) is 0 Å². The van der Waals surface area contributed by atoms with Crippen LogP contribution < -0.4 is 0 Å². The van der Waals surface area contributed by atoms with Gasteiger partial charge in [0.1, 0.15) is 11.7 Å². The van der Waals surface area contributed by atoms with Crippen molar-refractivity contribution in [3.8, 4) is 6.07 Å². The second kappa shape index (κ2) is 5.70. The Kier molecular flexibility index (Phi) is 4.52. The number of esters is 1. The maximum Gasteiger partial charge on any atom is 0.331 e. The van der Waals surface area contributed by atoms with Crippen molar-refractivity contribution in [1.82, 2.24) is 0 Å². The quantitative estimate of drug-likeness (QED) is 0.605. The van der Waals surface area contributed by atoms with Crippen molar-refractivity contribution in [2.24, 2.45) is 0 Å². The predicted octanol–water partition coefficient (Wildman–Crippen LogP) is 3.57. The van der Waals surface area contributed by atoms with Crippen molar-refractivity contribution in [2.75, 3.05) is 0 Å². The molecule has 0 atom stereocenters. The molecule has 0 spiro atoms. The number of nitriles is 1. The molecule has 0 saturated carbocycles. The second-order valence-electron chi connectivity index (χ2n) is 4.72. The Morgan fingerprint density at radius 1 is 1.44 bits per heavy atom. The summed E-state index contributed by atoms with van der Waals surface area (Å²) in [6.07, 6.45) is 2.93. The highest BCUT2D eigenvalue weighted by Gasteiger charge is 2.13. The van der Waals surface area contributed by atoms with Gasteiger partial charge in [0.05, 0.1) is 10.6 Å². The topological polar surface area (TPSA) is 50.1 Å². The van der Waals surface area contributed by atoms with E-state index in [1.165, 1.54) is 6.08 Å². The molecule has 0 N–H and O–H groups in total. The number of nitrogens with zero attached hydrogens (tertiary/aromatic N) is 1. The van der Waals surface area contributed by atoms with E-state index >= 15 is 0 Å². The maximum absolute atomic E-state index is 11.4. The van der Waals surface area contributed by atoms with Gasteiger partial charge in [-0.3, -0.25) is 0 Å². The van der Waals surface area contributed by atoms with Crippen LogP contribution in [0.2, 0.25) is 5.02 Å². The Morgan fingerprint density at radius 2 is 2.11 bits per heavy atom. The molecule has 0 aliphatic heterocycles. The second-order valence-corrected chi connectivity index (χ2v) is 5.13. The number of hydrogen-bond acceptors (Lipinski definition) is 3. The largest absolute Gasteiger partial charge is 0.457 e. The average molecular weight is 264 g/mol. The maximum atomic E-state index is 11.4. The molecule has 0 unspecified atom stereocenters. The van der Waals surface area contributed by atoms with Gasteiger partial charge in [-0.15, -0.1) is 0 Å². The highest BCUT2D eigenvalue weighted by Crippen LogP contribution is 2.18. The third-order valence-electron chi connectivity index (χ3n) is 1.93. The first-order valence-electron chi connectivity index (χ1n) is 5.42. The summed E-state index contributed by atoms with van der Waals surface area (Å²) in [4.78, 5) is 11.4. The zero-order valence-corrected chi connectivity index (χ0v) is 11.3. The van der Waals surface area contributed by atoms with Crippen LogP contribution in [0.4, 0.5) is 0 Å². The van der Waals surface area contributed by atoms with E-state index in [2.05, 4.69) is 0 Å². The zero-order valence-electron chi connectivity index (χ0n) is 10.5. The lowest BCUT2D eigenvalue weighted by atomic mass is 10.1. The lowest BCUT2D eigenvalue weighted by molar-refractivity contribution is -0.148. The molecule has 0 radical (unpaired) electrons. The van der Waals surface area contributed by atoms with Crippen molar-refractivity contribution < 1.29 is 9.53 Å². The fraction of sp³-hybridized carbons (Fsp3) is 0.286. The standard InChI is InChI=1S/C14H14ClNO2/c1-14(2,3)18-13(17)7-5-10-4-6-11(9-16)12(15)8-10/h4-8H,1-3H3. The first-order valence-corrected chi connectivity index (χ1v) is 5.80. The summed E-state index contributed by atoms with van der Waals surface area (Å²) in [5.41, 5.74) is 0.639. The SMILES string of the molecule is CC(C)(C)OC(=O)C=Cc1ccc(C#N)c(Cl)c1. The molecule has 1 rings (SSSR count). The van der Waals surface area contributed by atoms with Gasteiger partial charge in [0.2, 0.25) is 0 Å². The highest BCUT2D eigenvalue weighted by molar-refractivity contribution is 6.31. The summed E-state index contributed by atoms with van der Waals surface area (Å²) in [7, 11) is 0. The van der Waals surface area contributed by atoms with Gasteiger partial charge in [-0.2, -0.15) is 5.26 Å². The minimum atomic E-state index is -0.510. The van der Waals surface area contributed by atoms with Crippen LogP contribution in [-0.2, 0) is 9.53 Å². The van der Waals surface area contributed by atoms with E-state index in [9.17, 15) is 4.79 Å². The first kappa shape index (κ1) is 14.3. The predicted molar refractivity (Wildman–Crippen MR) is 71.0 cm³/mol. The molecule has 1 aromatic carbocycles. The van der Waals surface area contributed by atoms with Crippen molar-refractivity contribution in [1.29, 1.82) is 5.26 Å². The summed E-state index contributed by atoms with van der Waals surface area (Å²) >= 11 is 5.88. The molecular weight excluding hydrogens is 250 g/mol. The number of hydrogen-bond donors (Lipinski definition) is 0. The molecule has 4 heteroatoms. The smallest absolute Gasteiger partial charge is 0.331 e. The van der Waals surface area contributed by atoms with Gasteiger partial charge >= 0.3 is 5.97 Å². The molecule has 0 aromatic heterocycles. The van der Waals surface area contributed by atoms with Crippen LogP contribution in [0.3, 0.4) is 0 Å².